The zero-order valence-corrected chi connectivity index (χ0v) is 16.3. The second-order valence-corrected chi connectivity index (χ2v) is 7.21. The SMILES string of the molecule is Cc1ccc(C2=NN(C(=S)Nc3ccccc3)C(c3ccc(F)cc3)C2)cc1. The summed E-state index contributed by atoms with van der Waals surface area (Å²) in [6, 6.07) is 24.6. The van der Waals surface area contributed by atoms with Gasteiger partial charge in [-0.15, -0.1) is 0 Å². The zero-order valence-electron chi connectivity index (χ0n) is 15.5. The number of hydrogen-bond donors (Lipinski definition) is 1. The third-order valence-electron chi connectivity index (χ3n) is 4.78. The molecule has 5 heteroatoms. The minimum atomic E-state index is -0.252. The first-order valence-corrected chi connectivity index (χ1v) is 9.56. The van der Waals surface area contributed by atoms with Gasteiger partial charge in [0.15, 0.2) is 5.11 Å². The summed E-state index contributed by atoms with van der Waals surface area (Å²) in [4.78, 5) is 0. The Kier molecular flexibility index (Phi) is 5.17. The molecule has 0 aliphatic carbocycles. The summed E-state index contributed by atoms with van der Waals surface area (Å²) in [7, 11) is 0. The summed E-state index contributed by atoms with van der Waals surface area (Å²) >= 11 is 5.66. The Morgan fingerprint density at radius 2 is 1.68 bits per heavy atom. The van der Waals surface area contributed by atoms with Gasteiger partial charge in [0.1, 0.15) is 5.82 Å². The Hall–Kier alpha value is -3.05. The van der Waals surface area contributed by atoms with E-state index in [1.807, 2.05) is 35.3 Å². The van der Waals surface area contributed by atoms with E-state index in [1.54, 1.807) is 12.1 Å². The maximum atomic E-state index is 13.4. The van der Waals surface area contributed by atoms with Gasteiger partial charge in [-0.05, 0) is 54.5 Å². The molecule has 1 heterocycles. The average molecular weight is 389 g/mol. The molecular formula is C23H20FN3S. The molecule has 0 saturated carbocycles. The summed E-state index contributed by atoms with van der Waals surface area (Å²) in [5, 5.41) is 10.4. The van der Waals surface area contributed by atoms with Gasteiger partial charge >= 0.3 is 0 Å². The molecular weight excluding hydrogens is 369 g/mol. The molecule has 1 aliphatic rings. The van der Waals surface area contributed by atoms with Crippen molar-refractivity contribution >= 4 is 28.7 Å². The fourth-order valence-electron chi connectivity index (χ4n) is 3.26. The van der Waals surface area contributed by atoms with Gasteiger partial charge in [0.05, 0.1) is 11.8 Å². The average Bonchev–Trinajstić information content (AvgIpc) is 3.15. The van der Waals surface area contributed by atoms with Crippen molar-refractivity contribution in [1.82, 2.24) is 5.01 Å². The summed E-state index contributed by atoms with van der Waals surface area (Å²) in [5.41, 5.74) is 5.12. The van der Waals surface area contributed by atoms with Crippen LogP contribution in [0.4, 0.5) is 10.1 Å². The van der Waals surface area contributed by atoms with Crippen molar-refractivity contribution in [3.05, 3.63) is 101 Å². The minimum Gasteiger partial charge on any atom is -0.331 e. The Balaban J connectivity index is 1.65. The molecule has 0 spiro atoms. The monoisotopic (exact) mass is 389 g/mol. The number of nitrogens with one attached hydrogen (secondary N) is 1. The fraction of sp³-hybridized carbons (Fsp3) is 0.130. The van der Waals surface area contributed by atoms with Gasteiger partial charge in [0, 0.05) is 12.1 Å². The molecule has 0 radical (unpaired) electrons. The van der Waals surface area contributed by atoms with E-state index in [0.717, 1.165) is 22.5 Å². The molecule has 0 aromatic heterocycles. The molecule has 0 saturated heterocycles. The summed E-state index contributed by atoms with van der Waals surface area (Å²) in [6.07, 6.45) is 0.700. The van der Waals surface area contributed by atoms with E-state index in [-0.39, 0.29) is 11.9 Å². The third kappa shape index (κ3) is 3.94. The molecule has 3 nitrogen and oxygen atoms in total. The van der Waals surface area contributed by atoms with Crippen LogP contribution in [0.5, 0.6) is 0 Å². The topological polar surface area (TPSA) is 27.6 Å². The Morgan fingerprint density at radius 3 is 2.36 bits per heavy atom. The highest BCUT2D eigenvalue weighted by molar-refractivity contribution is 7.80. The van der Waals surface area contributed by atoms with Crippen LogP contribution >= 0.6 is 12.2 Å². The standard InChI is InChI=1S/C23H20FN3S/c1-16-7-9-17(10-8-16)21-15-22(18-11-13-19(24)14-12-18)27(26-21)23(28)25-20-5-3-2-4-6-20/h2-14,22H,15H2,1H3,(H,25,28). The molecule has 3 aromatic carbocycles. The lowest BCUT2D eigenvalue weighted by molar-refractivity contribution is 0.375. The first-order valence-electron chi connectivity index (χ1n) is 9.15. The van der Waals surface area contributed by atoms with Crippen molar-refractivity contribution in [1.29, 1.82) is 0 Å². The quantitative estimate of drug-likeness (QED) is 0.584. The number of hydrogen-bond acceptors (Lipinski definition) is 2. The Labute approximate surface area is 169 Å². The third-order valence-corrected chi connectivity index (χ3v) is 5.07. The number of nitrogens with zero attached hydrogens (tertiary/aromatic N) is 2. The number of aryl methyl sites for hydroxylation is 1. The summed E-state index contributed by atoms with van der Waals surface area (Å²) in [6.45, 7) is 2.06. The van der Waals surface area contributed by atoms with Gasteiger partial charge in [-0.2, -0.15) is 5.10 Å². The maximum Gasteiger partial charge on any atom is 0.194 e. The predicted octanol–water partition coefficient (Wildman–Crippen LogP) is 5.68. The van der Waals surface area contributed by atoms with Crippen LogP contribution < -0.4 is 5.32 Å². The van der Waals surface area contributed by atoms with E-state index >= 15 is 0 Å². The van der Waals surface area contributed by atoms with Crippen molar-refractivity contribution in [3.63, 3.8) is 0 Å². The van der Waals surface area contributed by atoms with Crippen LogP contribution in [-0.2, 0) is 0 Å². The van der Waals surface area contributed by atoms with Crippen LogP contribution in [0, 0.1) is 12.7 Å². The lowest BCUT2D eigenvalue weighted by Gasteiger charge is -2.25. The maximum absolute atomic E-state index is 13.4. The number of para-hydroxylation sites is 1. The van der Waals surface area contributed by atoms with Gasteiger partial charge in [-0.3, -0.25) is 0 Å². The lowest BCUT2D eigenvalue weighted by Crippen LogP contribution is -2.31. The molecule has 1 atom stereocenters. The zero-order chi connectivity index (χ0) is 19.5. The molecule has 1 aliphatic heterocycles. The van der Waals surface area contributed by atoms with Crippen LogP contribution in [-0.4, -0.2) is 15.8 Å². The van der Waals surface area contributed by atoms with Crippen LogP contribution in [0.2, 0.25) is 0 Å². The molecule has 4 rings (SSSR count). The van der Waals surface area contributed by atoms with Crippen LogP contribution in [0.25, 0.3) is 0 Å². The van der Waals surface area contributed by atoms with Crippen molar-refractivity contribution < 1.29 is 4.39 Å². The predicted molar refractivity (Wildman–Crippen MR) is 116 cm³/mol. The molecule has 1 unspecified atom stereocenters. The minimum absolute atomic E-state index is 0.0828. The molecule has 3 aromatic rings. The largest absolute Gasteiger partial charge is 0.331 e. The summed E-state index contributed by atoms with van der Waals surface area (Å²) < 4.78 is 13.4. The highest BCUT2D eigenvalue weighted by Crippen LogP contribution is 2.33. The molecule has 1 N–H and O–H groups in total. The van der Waals surface area contributed by atoms with E-state index in [4.69, 9.17) is 17.3 Å². The molecule has 0 bridgehead atoms. The highest BCUT2D eigenvalue weighted by Gasteiger charge is 2.31. The normalized spacial score (nSPS) is 16.0. The lowest BCUT2D eigenvalue weighted by atomic mass is 9.98. The molecule has 140 valence electrons. The first kappa shape index (κ1) is 18.3. The smallest absolute Gasteiger partial charge is 0.194 e. The van der Waals surface area contributed by atoms with Crippen molar-refractivity contribution in [2.75, 3.05) is 5.32 Å². The highest BCUT2D eigenvalue weighted by atomic mass is 32.1. The van der Waals surface area contributed by atoms with Crippen LogP contribution in [0.3, 0.4) is 0 Å². The van der Waals surface area contributed by atoms with Crippen LogP contribution in [0.15, 0.2) is 84.0 Å². The van der Waals surface area contributed by atoms with E-state index in [9.17, 15) is 4.39 Å². The number of halogens is 1. The van der Waals surface area contributed by atoms with E-state index < -0.39 is 0 Å². The molecule has 0 amide bonds. The van der Waals surface area contributed by atoms with Gasteiger partial charge in [-0.1, -0.05) is 60.2 Å². The van der Waals surface area contributed by atoms with Crippen LogP contribution in [0.1, 0.15) is 29.2 Å². The molecule has 28 heavy (non-hydrogen) atoms. The fourth-order valence-corrected chi connectivity index (χ4v) is 3.55. The number of anilines is 1. The Morgan fingerprint density at radius 1 is 1.00 bits per heavy atom. The Bertz CT molecular complexity index is 998. The number of rotatable bonds is 3. The van der Waals surface area contributed by atoms with E-state index in [0.29, 0.717) is 11.5 Å². The number of hydrazone groups is 1. The number of benzene rings is 3. The van der Waals surface area contributed by atoms with Gasteiger partial charge in [0.25, 0.3) is 0 Å². The van der Waals surface area contributed by atoms with Crippen molar-refractivity contribution in [2.45, 2.75) is 19.4 Å². The first-order chi connectivity index (χ1) is 13.6. The number of thiocarbonyl (C=S) groups is 1. The van der Waals surface area contributed by atoms with E-state index in [1.165, 1.54) is 17.7 Å². The van der Waals surface area contributed by atoms with Gasteiger partial charge in [-0.25, -0.2) is 9.40 Å². The summed E-state index contributed by atoms with van der Waals surface area (Å²) in [5.74, 6) is -0.252. The van der Waals surface area contributed by atoms with Crippen molar-refractivity contribution in [2.24, 2.45) is 5.10 Å². The van der Waals surface area contributed by atoms with Gasteiger partial charge < -0.3 is 5.32 Å². The second-order valence-electron chi connectivity index (χ2n) is 6.82. The molecule has 0 fully saturated rings. The van der Waals surface area contributed by atoms with E-state index in [2.05, 4.69) is 36.5 Å². The van der Waals surface area contributed by atoms with Gasteiger partial charge in [0.2, 0.25) is 0 Å². The second kappa shape index (κ2) is 7.90. The van der Waals surface area contributed by atoms with Crippen molar-refractivity contribution in [3.8, 4) is 0 Å².